The van der Waals surface area contributed by atoms with E-state index in [0.717, 1.165) is 11.4 Å². The van der Waals surface area contributed by atoms with Gasteiger partial charge in [0.05, 0.1) is 33.4 Å². The van der Waals surface area contributed by atoms with E-state index in [1.807, 2.05) is 0 Å². The van der Waals surface area contributed by atoms with Gasteiger partial charge in [0.2, 0.25) is 0 Å². The van der Waals surface area contributed by atoms with Crippen LogP contribution < -0.4 is 20.7 Å². The molecule has 0 radical (unpaired) electrons. The molecule has 2 aromatic heterocycles. The lowest BCUT2D eigenvalue weighted by Gasteiger charge is -2.34. The molecule has 0 saturated carbocycles. The molecule has 12 rings (SSSR count). The second-order valence-corrected chi connectivity index (χ2v) is 20.2. The van der Waals surface area contributed by atoms with Gasteiger partial charge in [-0.3, -0.25) is 0 Å². The summed E-state index contributed by atoms with van der Waals surface area (Å²) in [5, 5.41) is 10.4. The lowest BCUT2D eigenvalue weighted by molar-refractivity contribution is 1.13. The van der Waals surface area contributed by atoms with Gasteiger partial charge in [0.15, 0.2) is 8.07 Å². The minimum absolute atomic E-state index is 1.14. The fourth-order valence-electron chi connectivity index (χ4n) is 10.4. The van der Waals surface area contributed by atoms with Crippen molar-refractivity contribution in [1.29, 1.82) is 0 Å². The molecule has 0 atom stereocenters. The Bertz CT molecular complexity index is 3500. The number of aromatic nitrogens is 2. The highest BCUT2D eigenvalue weighted by atomic mass is 28.3. The van der Waals surface area contributed by atoms with E-state index in [4.69, 9.17) is 0 Å². The molecule has 296 valence electrons. The summed E-state index contributed by atoms with van der Waals surface area (Å²) in [6, 6.07) is 94.2. The molecule has 0 aliphatic rings. The largest absolute Gasteiger partial charge is 0.307 e. The van der Waals surface area contributed by atoms with Crippen LogP contribution in [0.5, 0.6) is 0 Å². The van der Waals surface area contributed by atoms with Gasteiger partial charge in [0.1, 0.15) is 0 Å². The molecule has 0 aliphatic carbocycles. The number of hydrogen-bond donors (Lipinski definition) is 0. The van der Waals surface area contributed by atoms with Crippen LogP contribution in [0.3, 0.4) is 0 Å². The van der Waals surface area contributed by atoms with E-state index in [1.54, 1.807) is 0 Å². The summed E-state index contributed by atoms with van der Waals surface area (Å²) in [4.78, 5) is 0. The van der Waals surface area contributed by atoms with E-state index < -0.39 is 8.07 Å². The highest BCUT2D eigenvalue weighted by molar-refractivity contribution is 7.20. The van der Waals surface area contributed by atoms with Crippen LogP contribution >= 0.6 is 0 Å². The van der Waals surface area contributed by atoms with Gasteiger partial charge in [-0.05, 0) is 73.8 Å². The number of hydrogen-bond acceptors (Lipinski definition) is 0. The van der Waals surface area contributed by atoms with Crippen LogP contribution in [0.1, 0.15) is 0 Å². The number of fused-ring (bicyclic) bond motifs is 6. The van der Waals surface area contributed by atoms with E-state index in [2.05, 4.69) is 264 Å². The molecule has 3 heteroatoms. The maximum absolute atomic E-state index is 2.78. The van der Waals surface area contributed by atoms with Gasteiger partial charge in [-0.15, -0.1) is 0 Å². The summed E-state index contributed by atoms with van der Waals surface area (Å²) in [5.74, 6) is 0. The number of para-hydroxylation sites is 3. The fourth-order valence-corrected chi connectivity index (χ4v) is 15.1. The van der Waals surface area contributed by atoms with Crippen molar-refractivity contribution in [2.24, 2.45) is 0 Å². The summed E-state index contributed by atoms with van der Waals surface area (Å²) < 4.78 is 5.04. The molecular formula is C60H42N2Si. The Morgan fingerprint density at radius 3 is 1.40 bits per heavy atom. The molecule has 2 heterocycles. The predicted molar refractivity (Wildman–Crippen MR) is 270 cm³/mol. The molecule has 0 aliphatic heterocycles. The number of rotatable bonds is 8. The van der Waals surface area contributed by atoms with Crippen molar-refractivity contribution in [3.05, 3.63) is 255 Å². The molecule has 12 aromatic rings. The van der Waals surface area contributed by atoms with Gasteiger partial charge in [0, 0.05) is 27.1 Å². The first-order valence-electron chi connectivity index (χ1n) is 21.8. The fraction of sp³-hybridized carbons (Fsp3) is 0. The van der Waals surface area contributed by atoms with Gasteiger partial charge in [-0.25, -0.2) is 0 Å². The molecule has 0 bridgehead atoms. The Morgan fingerprint density at radius 1 is 0.254 bits per heavy atom. The molecule has 0 spiro atoms. The SMILES string of the molecule is c1ccc(-c2ccc3c(c2)c2cccc(-n4c5ccccc5c5cc([Si](c6ccccc6)(c6ccccc6)c6ccccc6)ccc54)c2n3-c2ccccc2-c2ccccc2)cc1. The third kappa shape index (κ3) is 5.85. The first-order chi connectivity index (χ1) is 31.3. The average molecular weight is 819 g/mol. The van der Waals surface area contributed by atoms with Crippen LogP contribution in [0.15, 0.2) is 255 Å². The van der Waals surface area contributed by atoms with Crippen LogP contribution in [-0.2, 0) is 0 Å². The lowest BCUT2D eigenvalue weighted by Crippen LogP contribution is -2.74. The zero-order valence-corrected chi connectivity index (χ0v) is 35.6. The Kier molecular flexibility index (Phi) is 8.87. The smallest absolute Gasteiger partial charge is 0.179 e. The van der Waals surface area contributed by atoms with Gasteiger partial charge in [-0.1, -0.05) is 218 Å². The van der Waals surface area contributed by atoms with Gasteiger partial charge < -0.3 is 9.13 Å². The Hall–Kier alpha value is -7.98. The summed E-state index contributed by atoms with van der Waals surface area (Å²) in [6.45, 7) is 0. The van der Waals surface area contributed by atoms with E-state index in [1.165, 1.54) is 86.6 Å². The van der Waals surface area contributed by atoms with Crippen molar-refractivity contribution in [3.63, 3.8) is 0 Å². The molecule has 2 nitrogen and oxygen atoms in total. The number of nitrogens with zero attached hydrogens (tertiary/aromatic N) is 2. The van der Waals surface area contributed by atoms with Gasteiger partial charge in [0.25, 0.3) is 0 Å². The third-order valence-corrected chi connectivity index (χ3v) is 17.8. The van der Waals surface area contributed by atoms with Crippen molar-refractivity contribution in [2.45, 2.75) is 0 Å². The second kappa shape index (κ2) is 15.2. The highest BCUT2D eigenvalue weighted by Gasteiger charge is 2.41. The van der Waals surface area contributed by atoms with E-state index in [9.17, 15) is 0 Å². The maximum atomic E-state index is 2.53. The van der Waals surface area contributed by atoms with Crippen LogP contribution in [0.4, 0.5) is 0 Å². The minimum atomic E-state index is -2.78. The average Bonchev–Trinajstić information content (AvgIpc) is 3.88. The molecule has 0 saturated heterocycles. The normalized spacial score (nSPS) is 11.8. The van der Waals surface area contributed by atoms with Crippen molar-refractivity contribution in [1.82, 2.24) is 9.13 Å². The van der Waals surface area contributed by atoms with Crippen molar-refractivity contribution in [3.8, 4) is 33.6 Å². The summed E-state index contributed by atoms with van der Waals surface area (Å²) in [6.07, 6.45) is 0. The van der Waals surface area contributed by atoms with Crippen molar-refractivity contribution >= 4 is 72.4 Å². The van der Waals surface area contributed by atoms with Crippen LogP contribution in [0.2, 0.25) is 0 Å². The topological polar surface area (TPSA) is 9.86 Å². The molecule has 10 aromatic carbocycles. The molecular weight excluding hydrogens is 777 g/mol. The molecule has 63 heavy (non-hydrogen) atoms. The zero-order valence-electron chi connectivity index (χ0n) is 34.6. The van der Waals surface area contributed by atoms with E-state index in [0.29, 0.717) is 0 Å². The Labute approximate surface area is 368 Å². The highest BCUT2D eigenvalue weighted by Crippen LogP contribution is 2.42. The monoisotopic (exact) mass is 818 g/mol. The molecule has 0 unspecified atom stereocenters. The van der Waals surface area contributed by atoms with Gasteiger partial charge in [-0.2, -0.15) is 0 Å². The summed E-state index contributed by atoms with van der Waals surface area (Å²) in [7, 11) is -2.78. The summed E-state index contributed by atoms with van der Waals surface area (Å²) in [5.41, 5.74) is 11.8. The summed E-state index contributed by atoms with van der Waals surface area (Å²) >= 11 is 0. The van der Waals surface area contributed by atoms with Crippen molar-refractivity contribution < 1.29 is 0 Å². The van der Waals surface area contributed by atoms with Crippen molar-refractivity contribution in [2.75, 3.05) is 0 Å². The maximum Gasteiger partial charge on any atom is 0.179 e. The Morgan fingerprint density at radius 2 is 0.730 bits per heavy atom. The quantitative estimate of drug-likeness (QED) is 0.107. The predicted octanol–water partition coefficient (Wildman–Crippen LogP) is 12.6. The van der Waals surface area contributed by atoms with Crippen LogP contribution in [0.25, 0.3) is 77.2 Å². The minimum Gasteiger partial charge on any atom is -0.307 e. The van der Waals surface area contributed by atoms with Gasteiger partial charge >= 0.3 is 0 Å². The standard InChI is InChI=1S/C60H42N2Si/c1-6-21-43(22-7-1)45-37-39-58-53(41-45)52-33-20-36-59(60(52)62(58)55-34-18-16-31-50(55)44-23-8-2-9-24-44)61-56-35-19-17-32-51(56)54-42-49(38-40-57(54)61)63(46-25-10-3-11-26-46,47-27-12-4-13-28-47)48-29-14-5-15-30-48/h1-42H. The van der Waals surface area contributed by atoms with E-state index in [-0.39, 0.29) is 0 Å². The number of benzene rings is 10. The molecule has 0 fully saturated rings. The second-order valence-electron chi connectivity index (χ2n) is 16.4. The zero-order chi connectivity index (χ0) is 41.7. The van der Waals surface area contributed by atoms with Crippen LogP contribution in [-0.4, -0.2) is 17.2 Å². The Balaban J connectivity index is 1.18. The lowest BCUT2D eigenvalue weighted by atomic mass is 10.0. The first-order valence-corrected chi connectivity index (χ1v) is 23.8. The van der Waals surface area contributed by atoms with E-state index >= 15 is 0 Å². The first kappa shape index (κ1) is 36.8. The molecule has 0 amide bonds. The molecule has 0 N–H and O–H groups in total. The third-order valence-electron chi connectivity index (χ3n) is 13.1. The van der Waals surface area contributed by atoms with Crippen LogP contribution in [0, 0.1) is 0 Å².